The van der Waals surface area contributed by atoms with Crippen molar-refractivity contribution in [2.45, 2.75) is 19.9 Å². The molecule has 4 aromatic rings. The number of anilines is 3. The summed E-state index contributed by atoms with van der Waals surface area (Å²) in [7, 11) is 1.37. The summed E-state index contributed by atoms with van der Waals surface area (Å²) < 4.78 is 19.2. The number of halogens is 1. The molecule has 0 radical (unpaired) electrons. The number of benzene rings is 1. The second-order valence-corrected chi connectivity index (χ2v) is 8.49. The summed E-state index contributed by atoms with van der Waals surface area (Å²) in [5.74, 6) is 1.05. The van der Waals surface area contributed by atoms with Gasteiger partial charge in [-0.1, -0.05) is 0 Å². The number of aromatic nitrogens is 5. The van der Waals surface area contributed by atoms with Crippen molar-refractivity contribution in [1.29, 1.82) is 0 Å². The van der Waals surface area contributed by atoms with E-state index in [1.807, 2.05) is 13.0 Å². The van der Waals surface area contributed by atoms with Gasteiger partial charge < -0.3 is 30.6 Å². The van der Waals surface area contributed by atoms with E-state index in [1.54, 1.807) is 17.9 Å². The fraction of sp³-hybridized carbons (Fsp3) is 0.348. The Bertz CT molecular complexity index is 1420. The van der Waals surface area contributed by atoms with Gasteiger partial charge in [0.25, 0.3) is 0 Å². The van der Waals surface area contributed by atoms with Crippen LogP contribution >= 0.6 is 0 Å². The van der Waals surface area contributed by atoms with Crippen molar-refractivity contribution in [3.63, 3.8) is 0 Å². The largest absolute Gasteiger partial charge is 0.453 e. The lowest BCUT2D eigenvalue weighted by Crippen LogP contribution is -2.49. The van der Waals surface area contributed by atoms with E-state index < -0.39 is 0 Å². The van der Waals surface area contributed by atoms with Gasteiger partial charge in [-0.25, -0.2) is 19.2 Å². The zero-order valence-electron chi connectivity index (χ0n) is 19.7. The predicted octanol–water partition coefficient (Wildman–Crippen LogP) is 2.99. The van der Waals surface area contributed by atoms with Crippen LogP contribution in [0.15, 0.2) is 24.5 Å². The molecular weight excluding hydrogens is 453 g/mol. The first kappa shape index (κ1) is 22.6. The van der Waals surface area contributed by atoms with Gasteiger partial charge in [0.2, 0.25) is 5.95 Å². The molecule has 0 unspecified atom stereocenters. The Hall–Kier alpha value is -4.22. The van der Waals surface area contributed by atoms with Crippen LogP contribution in [0.2, 0.25) is 0 Å². The van der Waals surface area contributed by atoms with Crippen molar-refractivity contribution in [1.82, 2.24) is 29.8 Å². The number of piperazine rings is 1. The molecule has 1 fully saturated rings. The smallest absolute Gasteiger partial charge is 0.409 e. The third kappa shape index (κ3) is 4.11. The lowest BCUT2D eigenvalue weighted by atomic mass is 10.0. The molecule has 0 saturated carbocycles. The van der Waals surface area contributed by atoms with Crippen LogP contribution in [0.1, 0.15) is 24.1 Å². The first-order valence-electron chi connectivity index (χ1n) is 11.3. The number of nitrogens with one attached hydrogen (secondary N) is 2. The van der Waals surface area contributed by atoms with Crippen LogP contribution in [-0.4, -0.2) is 69.2 Å². The molecule has 182 valence electrons. The van der Waals surface area contributed by atoms with E-state index in [-0.39, 0.29) is 23.9 Å². The highest BCUT2D eigenvalue weighted by molar-refractivity contribution is 5.86. The molecule has 11 nitrogen and oxygen atoms in total. The topological polar surface area (TPSA) is 138 Å². The number of methoxy groups -OCH3 is 1. The van der Waals surface area contributed by atoms with Crippen molar-refractivity contribution in [2.75, 3.05) is 49.2 Å². The van der Waals surface area contributed by atoms with Gasteiger partial charge >= 0.3 is 6.09 Å². The minimum atomic E-state index is -0.353. The van der Waals surface area contributed by atoms with Crippen molar-refractivity contribution in [2.24, 2.45) is 0 Å². The predicted molar refractivity (Wildman–Crippen MR) is 131 cm³/mol. The molecule has 1 atom stereocenters. The molecule has 35 heavy (non-hydrogen) atoms. The van der Waals surface area contributed by atoms with Crippen molar-refractivity contribution in [3.05, 3.63) is 41.5 Å². The standard InChI is InChI=1S/C23H26FN9O2/c1-12-16(24)5-4-14-10-15(13(2)28-20-18-19(27-11-26-18)30-22(25)31-20)21(29-17(12)14)32-6-8-33(9-7-32)23(34)35-3/h4-5,10-11,13H,6-9H2,1-3H3,(H4,25,26,27,28,30,31)/t13-/m0/s1. The van der Waals surface area contributed by atoms with Crippen LogP contribution in [0.5, 0.6) is 0 Å². The third-order valence-electron chi connectivity index (χ3n) is 6.32. The summed E-state index contributed by atoms with van der Waals surface area (Å²) in [4.78, 5) is 36.3. The first-order chi connectivity index (χ1) is 16.9. The Kier molecular flexibility index (Phi) is 5.71. The number of carbonyl (C=O) groups excluding carboxylic acids is 1. The number of amides is 1. The molecule has 12 heteroatoms. The average molecular weight is 480 g/mol. The number of pyridine rings is 1. The Morgan fingerprint density at radius 3 is 2.74 bits per heavy atom. The molecule has 3 aromatic heterocycles. The summed E-state index contributed by atoms with van der Waals surface area (Å²) >= 11 is 0. The minimum absolute atomic E-state index is 0.112. The molecule has 4 heterocycles. The monoisotopic (exact) mass is 479 g/mol. The molecule has 0 spiro atoms. The van der Waals surface area contributed by atoms with E-state index in [0.29, 0.717) is 54.2 Å². The van der Waals surface area contributed by atoms with Crippen LogP contribution in [0, 0.1) is 12.7 Å². The van der Waals surface area contributed by atoms with Crippen molar-refractivity contribution < 1.29 is 13.9 Å². The molecule has 0 bridgehead atoms. The number of nitrogen functional groups attached to an aromatic ring is 1. The van der Waals surface area contributed by atoms with Gasteiger partial charge in [-0.15, -0.1) is 0 Å². The highest BCUT2D eigenvalue weighted by Gasteiger charge is 2.26. The lowest BCUT2D eigenvalue weighted by Gasteiger charge is -2.36. The lowest BCUT2D eigenvalue weighted by molar-refractivity contribution is 0.121. The van der Waals surface area contributed by atoms with Gasteiger partial charge in [-0.2, -0.15) is 9.97 Å². The van der Waals surface area contributed by atoms with E-state index in [2.05, 4.69) is 30.2 Å². The number of hydrogen-bond donors (Lipinski definition) is 3. The van der Waals surface area contributed by atoms with Crippen LogP contribution < -0.4 is 16.0 Å². The number of ether oxygens (including phenoxy) is 1. The second-order valence-electron chi connectivity index (χ2n) is 8.49. The van der Waals surface area contributed by atoms with Crippen molar-refractivity contribution in [3.8, 4) is 0 Å². The molecule has 0 aliphatic carbocycles. The maximum absolute atomic E-state index is 14.3. The second kappa shape index (κ2) is 8.85. The number of imidazole rings is 1. The number of nitrogens with zero attached hydrogens (tertiary/aromatic N) is 6. The zero-order valence-corrected chi connectivity index (χ0v) is 19.7. The van der Waals surface area contributed by atoms with E-state index in [9.17, 15) is 9.18 Å². The molecule has 1 aliphatic heterocycles. The molecular formula is C23H26FN9O2. The maximum atomic E-state index is 14.3. The maximum Gasteiger partial charge on any atom is 0.409 e. The van der Waals surface area contributed by atoms with E-state index in [4.69, 9.17) is 15.5 Å². The molecule has 1 aromatic carbocycles. The van der Waals surface area contributed by atoms with E-state index in [0.717, 1.165) is 16.8 Å². The van der Waals surface area contributed by atoms with Crippen LogP contribution in [0.4, 0.5) is 26.8 Å². The number of aryl methyl sites for hydroxylation is 1. The van der Waals surface area contributed by atoms with Gasteiger partial charge in [0.05, 0.1) is 25.0 Å². The normalized spacial score (nSPS) is 15.0. The number of rotatable bonds is 4. The fourth-order valence-corrected chi connectivity index (χ4v) is 4.40. The third-order valence-corrected chi connectivity index (χ3v) is 6.32. The summed E-state index contributed by atoms with van der Waals surface area (Å²) in [5.41, 5.74) is 9.00. The van der Waals surface area contributed by atoms with Crippen LogP contribution in [0.25, 0.3) is 22.1 Å². The number of hydrogen-bond acceptors (Lipinski definition) is 9. The molecule has 1 saturated heterocycles. The average Bonchev–Trinajstić information content (AvgIpc) is 3.34. The van der Waals surface area contributed by atoms with Gasteiger partial charge in [-0.05, 0) is 32.0 Å². The Balaban J connectivity index is 1.55. The first-order valence-corrected chi connectivity index (χ1v) is 11.3. The number of fused-ring (bicyclic) bond motifs is 2. The molecule has 5 rings (SSSR count). The van der Waals surface area contributed by atoms with E-state index in [1.165, 1.54) is 19.5 Å². The summed E-state index contributed by atoms with van der Waals surface area (Å²) in [6, 6.07) is 4.96. The quantitative estimate of drug-likeness (QED) is 0.403. The van der Waals surface area contributed by atoms with E-state index >= 15 is 0 Å². The van der Waals surface area contributed by atoms with Crippen molar-refractivity contribution >= 4 is 45.7 Å². The number of aromatic amines is 1. The molecule has 1 amide bonds. The van der Waals surface area contributed by atoms with Gasteiger partial charge in [0.1, 0.15) is 17.2 Å². The number of carbonyl (C=O) groups is 1. The Morgan fingerprint density at radius 1 is 1.23 bits per heavy atom. The highest BCUT2D eigenvalue weighted by atomic mass is 19.1. The number of H-pyrrole nitrogens is 1. The summed E-state index contributed by atoms with van der Waals surface area (Å²) in [5, 5.41) is 4.24. The number of nitrogens with two attached hydrogens (primary N) is 1. The van der Waals surface area contributed by atoms with Crippen LogP contribution in [0.3, 0.4) is 0 Å². The molecule has 4 N–H and O–H groups in total. The summed E-state index contributed by atoms with van der Waals surface area (Å²) in [6.45, 7) is 5.83. The van der Waals surface area contributed by atoms with Crippen LogP contribution in [-0.2, 0) is 4.74 Å². The van der Waals surface area contributed by atoms with Gasteiger partial charge in [-0.3, -0.25) is 0 Å². The minimum Gasteiger partial charge on any atom is -0.453 e. The fourth-order valence-electron chi connectivity index (χ4n) is 4.40. The van der Waals surface area contributed by atoms with Gasteiger partial charge in [0, 0.05) is 42.7 Å². The van der Waals surface area contributed by atoms with Gasteiger partial charge in [0.15, 0.2) is 11.5 Å². The molecule has 1 aliphatic rings. The highest BCUT2D eigenvalue weighted by Crippen LogP contribution is 2.33. The Labute approximate surface area is 200 Å². The SMILES string of the molecule is COC(=O)N1CCN(c2nc3c(C)c(F)ccc3cc2[C@H](C)Nc2nc(N)nc3nc[nH]c23)CC1. The Morgan fingerprint density at radius 2 is 2.00 bits per heavy atom. The summed E-state index contributed by atoms with van der Waals surface area (Å²) in [6.07, 6.45) is 1.18. The zero-order chi connectivity index (χ0) is 24.7.